The molecule has 3 nitrogen and oxygen atoms in total. The number of aliphatic hydroxyl groups excluding tert-OH is 1. The number of benzene rings is 2. The van der Waals surface area contributed by atoms with Crippen molar-refractivity contribution in [2.75, 3.05) is 13.2 Å². The first kappa shape index (κ1) is 14.1. The van der Waals surface area contributed by atoms with Crippen molar-refractivity contribution in [3.8, 4) is 5.75 Å². The number of aliphatic hydroxyl groups is 1. The van der Waals surface area contributed by atoms with E-state index in [0.29, 0.717) is 6.54 Å². The molecule has 2 N–H and O–H groups in total. The van der Waals surface area contributed by atoms with E-state index in [2.05, 4.69) is 11.4 Å². The zero-order valence-electron chi connectivity index (χ0n) is 12.3. The molecular formula is C18H21NO2. The topological polar surface area (TPSA) is 41.5 Å². The highest BCUT2D eigenvalue weighted by atomic mass is 16.5. The van der Waals surface area contributed by atoms with Crippen LogP contribution in [0.4, 0.5) is 0 Å². The van der Waals surface area contributed by atoms with E-state index < -0.39 is 5.54 Å². The molecule has 1 aliphatic rings. The predicted molar refractivity (Wildman–Crippen MR) is 83.4 cm³/mol. The van der Waals surface area contributed by atoms with Gasteiger partial charge in [-0.1, -0.05) is 48.5 Å². The molecule has 2 aromatic rings. The van der Waals surface area contributed by atoms with Gasteiger partial charge in [-0.3, -0.25) is 0 Å². The van der Waals surface area contributed by atoms with Crippen molar-refractivity contribution in [2.45, 2.75) is 25.0 Å². The van der Waals surface area contributed by atoms with Gasteiger partial charge in [-0.2, -0.15) is 0 Å². The molecule has 2 unspecified atom stereocenters. The second-order valence-corrected chi connectivity index (χ2v) is 5.79. The summed E-state index contributed by atoms with van der Waals surface area (Å²) in [7, 11) is 0. The highest BCUT2D eigenvalue weighted by Gasteiger charge is 2.29. The minimum atomic E-state index is -0.445. The van der Waals surface area contributed by atoms with Gasteiger partial charge in [0.1, 0.15) is 11.9 Å². The highest BCUT2D eigenvalue weighted by molar-refractivity contribution is 5.37. The molecule has 0 amide bonds. The number of nitrogens with one attached hydrogen (secondary N) is 1. The standard InChI is InChI=1S/C18H21NO2/c1-18(13-20,15-8-3-2-4-9-15)19-12-16-11-14-7-5-6-10-17(14)21-16/h2-10,16,19-20H,11-13H2,1H3. The molecular weight excluding hydrogens is 262 g/mol. The van der Waals surface area contributed by atoms with Crippen molar-refractivity contribution < 1.29 is 9.84 Å². The summed E-state index contributed by atoms with van der Waals surface area (Å²) in [5.41, 5.74) is 1.90. The van der Waals surface area contributed by atoms with Gasteiger partial charge in [-0.15, -0.1) is 0 Å². The summed E-state index contributed by atoms with van der Waals surface area (Å²) in [6, 6.07) is 18.2. The van der Waals surface area contributed by atoms with E-state index >= 15 is 0 Å². The maximum atomic E-state index is 9.78. The van der Waals surface area contributed by atoms with Crippen LogP contribution in [0.15, 0.2) is 54.6 Å². The molecule has 0 spiro atoms. The Hall–Kier alpha value is -1.84. The van der Waals surface area contributed by atoms with Crippen LogP contribution >= 0.6 is 0 Å². The Labute approximate surface area is 125 Å². The molecule has 3 rings (SSSR count). The number of hydrogen-bond donors (Lipinski definition) is 2. The van der Waals surface area contributed by atoms with Crippen LogP contribution in [0.1, 0.15) is 18.1 Å². The molecule has 110 valence electrons. The molecule has 0 radical (unpaired) electrons. The minimum absolute atomic E-state index is 0.0523. The van der Waals surface area contributed by atoms with E-state index in [0.717, 1.165) is 17.7 Å². The van der Waals surface area contributed by atoms with E-state index in [1.807, 2.05) is 55.5 Å². The van der Waals surface area contributed by atoms with E-state index in [9.17, 15) is 5.11 Å². The SMILES string of the molecule is CC(CO)(NCC1Cc2ccccc2O1)c1ccccc1. The van der Waals surface area contributed by atoms with E-state index in [4.69, 9.17) is 4.74 Å². The third kappa shape index (κ3) is 2.94. The number of fused-ring (bicyclic) bond motifs is 1. The van der Waals surface area contributed by atoms with Crippen LogP contribution in [0.3, 0.4) is 0 Å². The lowest BCUT2D eigenvalue weighted by Gasteiger charge is -2.30. The lowest BCUT2D eigenvalue weighted by Crippen LogP contribution is -2.47. The number of ether oxygens (including phenoxy) is 1. The van der Waals surface area contributed by atoms with Crippen molar-refractivity contribution in [1.82, 2.24) is 5.32 Å². The summed E-state index contributed by atoms with van der Waals surface area (Å²) < 4.78 is 5.94. The molecule has 1 aliphatic heterocycles. The Morgan fingerprint density at radius 1 is 1.14 bits per heavy atom. The second-order valence-electron chi connectivity index (χ2n) is 5.79. The summed E-state index contributed by atoms with van der Waals surface area (Å²) in [6.07, 6.45) is 1.04. The molecule has 21 heavy (non-hydrogen) atoms. The summed E-state index contributed by atoms with van der Waals surface area (Å²) in [6.45, 7) is 2.78. The molecule has 0 saturated heterocycles. The van der Waals surface area contributed by atoms with Crippen molar-refractivity contribution in [2.24, 2.45) is 0 Å². The molecule has 0 bridgehead atoms. The van der Waals surface area contributed by atoms with Crippen LogP contribution in [0.5, 0.6) is 5.75 Å². The Morgan fingerprint density at radius 2 is 1.86 bits per heavy atom. The molecule has 2 aromatic carbocycles. The van der Waals surface area contributed by atoms with Crippen LogP contribution in [-0.2, 0) is 12.0 Å². The van der Waals surface area contributed by atoms with Crippen LogP contribution in [0, 0.1) is 0 Å². The fraction of sp³-hybridized carbons (Fsp3) is 0.333. The third-order valence-electron chi connectivity index (χ3n) is 4.16. The zero-order chi connectivity index (χ0) is 14.7. The average Bonchev–Trinajstić information content (AvgIpc) is 2.96. The number of rotatable bonds is 5. The summed E-state index contributed by atoms with van der Waals surface area (Å²) in [5, 5.41) is 13.2. The average molecular weight is 283 g/mol. The van der Waals surface area contributed by atoms with Crippen LogP contribution < -0.4 is 10.1 Å². The van der Waals surface area contributed by atoms with Gasteiger partial charge in [0.25, 0.3) is 0 Å². The fourth-order valence-corrected chi connectivity index (χ4v) is 2.76. The fourth-order valence-electron chi connectivity index (χ4n) is 2.76. The van der Waals surface area contributed by atoms with Crippen molar-refractivity contribution in [3.63, 3.8) is 0 Å². The molecule has 2 atom stereocenters. The normalized spacial score (nSPS) is 19.6. The van der Waals surface area contributed by atoms with Crippen molar-refractivity contribution in [1.29, 1.82) is 0 Å². The van der Waals surface area contributed by atoms with Gasteiger partial charge in [-0.05, 0) is 24.1 Å². The molecule has 0 aromatic heterocycles. The van der Waals surface area contributed by atoms with Crippen LogP contribution in [-0.4, -0.2) is 24.4 Å². The van der Waals surface area contributed by atoms with Gasteiger partial charge in [0.05, 0.1) is 12.1 Å². The van der Waals surface area contributed by atoms with E-state index in [-0.39, 0.29) is 12.7 Å². The van der Waals surface area contributed by atoms with Gasteiger partial charge in [0, 0.05) is 13.0 Å². The van der Waals surface area contributed by atoms with Crippen molar-refractivity contribution >= 4 is 0 Å². The first-order valence-corrected chi connectivity index (χ1v) is 7.37. The zero-order valence-corrected chi connectivity index (χ0v) is 12.3. The number of hydrogen-bond acceptors (Lipinski definition) is 3. The monoisotopic (exact) mass is 283 g/mol. The Morgan fingerprint density at radius 3 is 2.57 bits per heavy atom. The molecule has 0 fully saturated rings. The maximum Gasteiger partial charge on any atom is 0.123 e. The minimum Gasteiger partial charge on any atom is -0.488 e. The quantitative estimate of drug-likeness (QED) is 0.886. The summed E-state index contributed by atoms with van der Waals surface area (Å²) in [5.74, 6) is 0.981. The smallest absolute Gasteiger partial charge is 0.123 e. The first-order chi connectivity index (χ1) is 10.2. The van der Waals surface area contributed by atoms with Gasteiger partial charge in [0.2, 0.25) is 0 Å². The lowest BCUT2D eigenvalue weighted by molar-refractivity contribution is 0.149. The van der Waals surface area contributed by atoms with E-state index in [1.165, 1.54) is 5.56 Å². The molecule has 0 saturated carbocycles. The highest BCUT2D eigenvalue weighted by Crippen LogP contribution is 2.28. The largest absolute Gasteiger partial charge is 0.488 e. The predicted octanol–water partition coefficient (Wildman–Crippen LogP) is 2.49. The maximum absolute atomic E-state index is 9.78. The molecule has 1 heterocycles. The third-order valence-corrected chi connectivity index (χ3v) is 4.16. The van der Waals surface area contributed by atoms with Crippen molar-refractivity contribution in [3.05, 3.63) is 65.7 Å². The Bertz CT molecular complexity index is 574. The van der Waals surface area contributed by atoms with Gasteiger partial charge in [-0.25, -0.2) is 0 Å². The summed E-state index contributed by atoms with van der Waals surface area (Å²) in [4.78, 5) is 0. The van der Waals surface area contributed by atoms with Crippen LogP contribution in [0.25, 0.3) is 0 Å². The van der Waals surface area contributed by atoms with Gasteiger partial charge in [0.15, 0.2) is 0 Å². The van der Waals surface area contributed by atoms with Crippen LogP contribution in [0.2, 0.25) is 0 Å². The first-order valence-electron chi connectivity index (χ1n) is 7.37. The molecule has 0 aliphatic carbocycles. The summed E-state index contributed by atoms with van der Waals surface area (Å²) >= 11 is 0. The van der Waals surface area contributed by atoms with Gasteiger partial charge >= 0.3 is 0 Å². The lowest BCUT2D eigenvalue weighted by atomic mass is 9.92. The van der Waals surface area contributed by atoms with Gasteiger partial charge < -0.3 is 15.2 Å². The Kier molecular flexibility index (Phi) is 3.95. The van der Waals surface area contributed by atoms with E-state index in [1.54, 1.807) is 0 Å². The second kappa shape index (κ2) is 5.88. The Balaban J connectivity index is 1.65. The molecule has 3 heteroatoms. The number of para-hydroxylation sites is 1.